The number of nitrogens with zero attached hydrogens (tertiary/aromatic N) is 4. The van der Waals surface area contributed by atoms with E-state index in [1.165, 1.54) is 19.3 Å². The number of hydrogen-bond acceptors (Lipinski definition) is 7. The maximum Gasteiger partial charge on any atom is 0.528 e. The van der Waals surface area contributed by atoms with Crippen LogP contribution in [-0.4, -0.2) is 43.8 Å². The molecule has 0 radical (unpaired) electrons. The van der Waals surface area contributed by atoms with E-state index < -0.39 is 11.8 Å². The van der Waals surface area contributed by atoms with Crippen LogP contribution in [0.3, 0.4) is 0 Å². The molecule has 2 aromatic rings. The van der Waals surface area contributed by atoms with Gasteiger partial charge < -0.3 is 14.3 Å². The van der Waals surface area contributed by atoms with Crippen molar-refractivity contribution >= 4 is 17.8 Å². The van der Waals surface area contributed by atoms with Crippen LogP contribution in [0.5, 0.6) is 0 Å². The van der Waals surface area contributed by atoms with E-state index in [2.05, 4.69) is 14.8 Å². The summed E-state index contributed by atoms with van der Waals surface area (Å²) in [6, 6.07) is 5.78. The summed E-state index contributed by atoms with van der Waals surface area (Å²) in [4.78, 5) is 17.9. The highest BCUT2D eigenvalue weighted by atomic mass is 35.5. The Morgan fingerprint density at radius 1 is 1.03 bits per heavy atom. The van der Waals surface area contributed by atoms with E-state index in [0.29, 0.717) is 36.2 Å². The van der Waals surface area contributed by atoms with Crippen LogP contribution >= 0.6 is 11.6 Å². The van der Waals surface area contributed by atoms with Gasteiger partial charge in [-0.25, -0.2) is 4.79 Å². The number of aromatic nitrogens is 3. The lowest BCUT2D eigenvalue weighted by atomic mass is 9.86. The van der Waals surface area contributed by atoms with Gasteiger partial charge in [0.1, 0.15) is 11.4 Å². The molecule has 0 spiro atoms. The minimum atomic E-state index is -0.742. The number of hydrogen-bond donors (Lipinski definition) is 0. The van der Waals surface area contributed by atoms with E-state index in [4.69, 9.17) is 25.9 Å². The van der Waals surface area contributed by atoms with Crippen LogP contribution in [0.25, 0.3) is 5.69 Å². The van der Waals surface area contributed by atoms with Crippen LogP contribution in [0.15, 0.2) is 18.2 Å². The van der Waals surface area contributed by atoms with E-state index in [-0.39, 0.29) is 0 Å². The Labute approximate surface area is 205 Å². The molecule has 0 N–H and O–H groups in total. The third kappa shape index (κ3) is 5.24. The largest absolute Gasteiger partial charge is 0.528 e. The SMILES string of the molecule is CC(C)(C)OC(=O)ON1Cc2cc(Cl)ccc2-n2c(nnc2C2CCC(OC3CCC3)CC2)C1. The molecule has 0 bridgehead atoms. The molecule has 0 unspecified atom stereocenters. The van der Waals surface area contributed by atoms with E-state index in [1.807, 2.05) is 18.2 Å². The lowest BCUT2D eigenvalue weighted by Crippen LogP contribution is -2.31. The molecule has 1 aromatic carbocycles. The lowest BCUT2D eigenvalue weighted by Gasteiger charge is -2.34. The molecule has 1 aromatic heterocycles. The highest BCUT2D eigenvalue weighted by Gasteiger charge is 2.33. The third-order valence-electron chi connectivity index (χ3n) is 6.77. The van der Waals surface area contributed by atoms with Gasteiger partial charge in [-0.15, -0.1) is 15.3 Å². The van der Waals surface area contributed by atoms with Gasteiger partial charge in [0.25, 0.3) is 0 Å². The van der Waals surface area contributed by atoms with E-state index in [9.17, 15) is 4.79 Å². The van der Waals surface area contributed by atoms with Gasteiger partial charge >= 0.3 is 6.16 Å². The van der Waals surface area contributed by atoms with Crippen molar-refractivity contribution in [2.45, 2.75) is 103 Å². The average molecular weight is 489 g/mol. The number of rotatable bonds is 4. The van der Waals surface area contributed by atoms with Crippen molar-refractivity contribution in [1.29, 1.82) is 0 Å². The van der Waals surface area contributed by atoms with Gasteiger partial charge in [0, 0.05) is 10.9 Å². The molecule has 1 aliphatic heterocycles. The fourth-order valence-electron chi connectivity index (χ4n) is 4.94. The fourth-order valence-corrected chi connectivity index (χ4v) is 5.13. The molecule has 0 saturated heterocycles. The highest BCUT2D eigenvalue weighted by molar-refractivity contribution is 6.30. The number of halogens is 1. The molecule has 5 rings (SSSR count). The quantitative estimate of drug-likeness (QED) is 0.511. The Kier molecular flexibility index (Phi) is 6.57. The first-order valence-corrected chi connectivity index (χ1v) is 12.7. The molecule has 0 amide bonds. The Hall–Kier alpha value is -2.16. The van der Waals surface area contributed by atoms with Crippen molar-refractivity contribution in [3.05, 3.63) is 40.4 Å². The van der Waals surface area contributed by atoms with Gasteiger partial charge in [0.2, 0.25) is 0 Å². The van der Waals surface area contributed by atoms with Gasteiger partial charge in [-0.2, -0.15) is 0 Å². The Morgan fingerprint density at radius 3 is 2.44 bits per heavy atom. The number of carbonyl (C=O) groups is 1. The van der Waals surface area contributed by atoms with Crippen molar-refractivity contribution in [2.24, 2.45) is 0 Å². The molecular weight excluding hydrogens is 456 g/mol. The van der Waals surface area contributed by atoms with Crippen LogP contribution in [-0.2, 0) is 27.4 Å². The third-order valence-corrected chi connectivity index (χ3v) is 7.01. The minimum absolute atomic E-state index is 0.304. The molecule has 8 nitrogen and oxygen atoms in total. The average Bonchev–Trinajstić information content (AvgIpc) is 3.06. The monoisotopic (exact) mass is 488 g/mol. The maximum absolute atomic E-state index is 12.3. The second-order valence-electron chi connectivity index (χ2n) is 10.6. The molecule has 2 aliphatic carbocycles. The van der Waals surface area contributed by atoms with Crippen LogP contribution in [0.2, 0.25) is 5.02 Å². The standard InChI is InChI=1S/C25H33ClN4O4/c1-25(2,3)33-24(31)34-29-14-17-13-18(26)9-12-21(17)30-22(15-29)27-28-23(30)16-7-10-20(11-8-16)32-19-5-4-6-19/h9,12-13,16,19-20H,4-8,10-11,14-15H2,1-3H3. The second kappa shape index (κ2) is 9.47. The molecule has 9 heteroatoms. The summed E-state index contributed by atoms with van der Waals surface area (Å²) in [5.41, 5.74) is 1.28. The van der Waals surface area contributed by atoms with Crippen molar-refractivity contribution in [3.63, 3.8) is 0 Å². The normalized spacial score (nSPS) is 23.4. The van der Waals surface area contributed by atoms with Crippen molar-refractivity contribution in [2.75, 3.05) is 0 Å². The van der Waals surface area contributed by atoms with Gasteiger partial charge in [0.15, 0.2) is 5.82 Å². The van der Waals surface area contributed by atoms with E-state index >= 15 is 0 Å². The van der Waals surface area contributed by atoms with Crippen LogP contribution in [0, 0.1) is 0 Å². The van der Waals surface area contributed by atoms with Crippen molar-refractivity contribution in [1.82, 2.24) is 19.8 Å². The zero-order chi connectivity index (χ0) is 23.9. The molecule has 184 valence electrons. The molecule has 2 fully saturated rings. The Bertz CT molecular complexity index is 1040. The first-order valence-electron chi connectivity index (χ1n) is 12.3. The molecule has 2 heterocycles. The Balaban J connectivity index is 1.37. The van der Waals surface area contributed by atoms with Crippen LogP contribution in [0.4, 0.5) is 4.79 Å². The van der Waals surface area contributed by atoms with Crippen molar-refractivity contribution in [3.8, 4) is 5.69 Å². The number of fused-ring (bicyclic) bond motifs is 3. The predicted molar refractivity (Wildman–Crippen MR) is 127 cm³/mol. The summed E-state index contributed by atoms with van der Waals surface area (Å²) in [5.74, 6) is 2.00. The number of hydroxylamine groups is 2. The van der Waals surface area contributed by atoms with Crippen LogP contribution in [0.1, 0.15) is 88.8 Å². The van der Waals surface area contributed by atoms with E-state index in [0.717, 1.165) is 48.6 Å². The first kappa shape index (κ1) is 23.6. The summed E-state index contributed by atoms with van der Waals surface area (Å²) < 4.78 is 13.7. The molecule has 0 atom stereocenters. The van der Waals surface area contributed by atoms with Gasteiger partial charge in [-0.05, 0) is 89.5 Å². The van der Waals surface area contributed by atoms with Gasteiger partial charge in [-0.3, -0.25) is 4.57 Å². The predicted octanol–water partition coefficient (Wildman–Crippen LogP) is 5.70. The molecule has 3 aliphatic rings. The van der Waals surface area contributed by atoms with Crippen molar-refractivity contribution < 1.29 is 19.1 Å². The zero-order valence-corrected chi connectivity index (χ0v) is 20.9. The fraction of sp³-hybridized carbons (Fsp3) is 0.640. The summed E-state index contributed by atoms with van der Waals surface area (Å²) in [6.45, 7) is 6.10. The van der Waals surface area contributed by atoms with Gasteiger partial charge in [-0.1, -0.05) is 11.6 Å². The lowest BCUT2D eigenvalue weighted by molar-refractivity contribution is -0.155. The molecule has 34 heavy (non-hydrogen) atoms. The summed E-state index contributed by atoms with van der Waals surface area (Å²) in [7, 11) is 0. The maximum atomic E-state index is 12.3. The smallest absolute Gasteiger partial charge is 0.427 e. The van der Waals surface area contributed by atoms with Crippen LogP contribution < -0.4 is 0 Å². The number of ether oxygens (including phenoxy) is 2. The Morgan fingerprint density at radius 2 is 1.76 bits per heavy atom. The summed E-state index contributed by atoms with van der Waals surface area (Å²) >= 11 is 6.33. The summed E-state index contributed by atoms with van der Waals surface area (Å²) in [6.07, 6.45) is 7.94. The minimum Gasteiger partial charge on any atom is -0.427 e. The number of carbonyl (C=O) groups excluding carboxylic acids is 1. The zero-order valence-electron chi connectivity index (χ0n) is 20.1. The highest BCUT2D eigenvalue weighted by Crippen LogP contribution is 2.38. The topological polar surface area (TPSA) is 78.7 Å². The first-order chi connectivity index (χ1) is 16.2. The van der Waals surface area contributed by atoms with Gasteiger partial charge in [0.05, 0.1) is 31.0 Å². The second-order valence-corrected chi connectivity index (χ2v) is 11.0. The molecule has 2 saturated carbocycles. The summed E-state index contributed by atoms with van der Waals surface area (Å²) in [5, 5.41) is 11.3. The number of benzene rings is 1. The molecular formula is C25H33ClN4O4. The van der Waals surface area contributed by atoms with E-state index in [1.54, 1.807) is 25.8 Å².